The van der Waals surface area contributed by atoms with Crippen LogP contribution in [0.1, 0.15) is 26.7 Å². The first-order chi connectivity index (χ1) is 6.29. The second-order valence-corrected chi connectivity index (χ2v) is 6.00. The number of allylic oxidation sites excluding steroid dienone is 3. The van der Waals surface area contributed by atoms with Crippen LogP contribution in [0.2, 0.25) is 0 Å². The Balaban J connectivity index is 1.81. The largest absolute Gasteiger partial charge is 0.415 e. The fourth-order valence-electron chi connectivity index (χ4n) is 2.24. The van der Waals surface area contributed by atoms with Crippen molar-refractivity contribution in [3.8, 4) is 0 Å². The summed E-state index contributed by atoms with van der Waals surface area (Å²) >= 11 is 0. The molecule has 13 heavy (non-hydrogen) atoms. The van der Waals surface area contributed by atoms with Gasteiger partial charge in [-0.05, 0) is 32.6 Å². The van der Waals surface area contributed by atoms with E-state index in [2.05, 4.69) is 32.1 Å². The summed E-state index contributed by atoms with van der Waals surface area (Å²) in [6.45, 7) is 4.29. The molecule has 3 atom stereocenters. The van der Waals surface area contributed by atoms with Crippen LogP contribution in [-0.2, 0) is 4.43 Å². The van der Waals surface area contributed by atoms with Crippen LogP contribution in [-0.4, -0.2) is 15.9 Å². The Labute approximate surface area is 82.8 Å². The normalized spacial score (nSPS) is 38.3. The lowest BCUT2D eigenvalue weighted by atomic mass is 10.1. The first-order valence-corrected chi connectivity index (χ1v) is 6.49. The maximum absolute atomic E-state index is 6.01. The molecule has 3 unspecified atom stereocenters. The Hall–Kier alpha value is -0.343. The van der Waals surface area contributed by atoms with Crippen LogP contribution in [0, 0.1) is 11.8 Å². The Kier molecular flexibility index (Phi) is 2.70. The van der Waals surface area contributed by atoms with E-state index in [1.54, 1.807) is 0 Å². The minimum atomic E-state index is -0.387. The predicted octanol–water partition coefficient (Wildman–Crippen LogP) is 1.98. The molecule has 0 saturated heterocycles. The summed E-state index contributed by atoms with van der Waals surface area (Å²) in [7, 11) is -0.387. The van der Waals surface area contributed by atoms with Gasteiger partial charge in [0.05, 0.1) is 6.10 Å². The van der Waals surface area contributed by atoms with Crippen molar-refractivity contribution in [2.24, 2.45) is 11.8 Å². The molecule has 2 rings (SSSR count). The zero-order chi connectivity index (χ0) is 9.26. The number of hydrogen-bond acceptors (Lipinski definition) is 1. The molecule has 0 spiro atoms. The molecule has 2 heteroatoms. The average molecular weight is 194 g/mol. The highest BCUT2D eigenvalue weighted by atomic mass is 28.2. The van der Waals surface area contributed by atoms with Crippen molar-refractivity contribution in [2.45, 2.75) is 32.8 Å². The summed E-state index contributed by atoms with van der Waals surface area (Å²) in [6, 6.07) is 0. The van der Waals surface area contributed by atoms with Crippen molar-refractivity contribution in [1.82, 2.24) is 0 Å². The van der Waals surface area contributed by atoms with Crippen molar-refractivity contribution in [2.75, 3.05) is 0 Å². The number of fused-ring (bicyclic) bond motifs is 2. The molecule has 0 radical (unpaired) electrons. The van der Waals surface area contributed by atoms with Gasteiger partial charge < -0.3 is 4.43 Å². The Morgan fingerprint density at radius 2 is 2.31 bits per heavy atom. The standard InChI is InChI=1S/C11H18OSi/c1-3-8(2)13-12-11-7-9-4-5-10(11)6-9/h3-5,9-11H,6-7,13H2,1-2H3/b8-3+. The van der Waals surface area contributed by atoms with Crippen molar-refractivity contribution in [1.29, 1.82) is 0 Å². The third-order valence-corrected chi connectivity index (χ3v) is 4.69. The van der Waals surface area contributed by atoms with Gasteiger partial charge in [-0.3, -0.25) is 0 Å². The van der Waals surface area contributed by atoms with Gasteiger partial charge in [-0.25, -0.2) is 0 Å². The van der Waals surface area contributed by atoms with Crippen LogP contribution < -0.4 is 0 Å². The molecule has 0 N–H and O–H groups in total. The topological polar surface area (TPSA) is 9.23 Å². The first kappa shape index (κ1) is 9.22. The molecule has 0 aromatic carbocycles. The molecule has 2 bridgehead atoms. The molecular weight excluding hydrogens is 176 g/mol. The molecule has 0 aromatic heterocycles. The van der Waals surface area contributed by atoms with E-state index in [-0.39, 0.29) is 9.76 Å². The highest BCUT2D eigenvalue weighted by molar-refractivity contribution is 6.37. The average Bonchev–Trinajstić information content (AvgIpc) is 2.74. The van der Waals surface area contributed by atoms with Crippen LogP contribution in [0.4, 0.5) is 0 Å². The number of hydrogen-bond donors (Lipinski definition) is 0. The van der Waals surface area contributed by atoms with Gasteiger partial charge in [0.25, 0.3) is 0 Å². The monoisotopic (exact) mass is 194 g/mol. The van der Waals surface area contributed by atoms with Gasteiger partial charge in [0.2, 0.25) is 0 Å². The van der Waals surface area contributed by atoms with Crippen LogP contribution in [0.5, 0.6) is 0 Å². The highest BCUT2D eigenvalue weighted by Gasteiger charge is 2.35. The lowest BCUT2D eigenvalue weighted by Crippen LogP contribution is -2.20. The van der Waals surface area contributed by atoms with Gasteiger partial charge in [0.15, 0.2) is 9.76 Å². The SMILES string of the molecule is C/C=C(\C)[SiH2]OC1CC2C=CC1C2. The predicted molar refractivity (Wildman–Crippen MR) is 58.2 cm³/mol. The fourth-order valence-corrected chi connectivity index (χ4v) is 3.27. The third kappa shape index (κ3) is 1.94. The van der Waals surface area contributed by atoms with Gasteiger partial charge >= 0.3 is 0 Å². The Morgan fingerprint density at radius 1 is 1.46 bits per heavy atom. The maximum atomic E-state index is 6.01. The molecule has 0 aromatic rings. The Bertz CT molecular complexity index is 244. The molecule has 0 amide bonds. The van der Waals surface area contributed by atoms with Crippen molar-refractivity contribution < 1.29 is 4.43 Å². The maximum Gasteiger partial charge on any atom is 0.188 e. The zero-order valence-electron chi connectivity index (χ0n) is 8.49. The van der Waals surface area contributed by atoms with E-state index in [0.29, 0.717) is 6.10 Å². The number of rotatable bonds is 3. The highest BCUT2D eigenvalue weighted by Crippen LogP contribution is 2.40. The molecule has 0 aliphatic heterocycles. The smallest absolute Gasteiger partial charge is 0.188 e. The van der Waals surface area contributed by atoms with Crippen LogP contribution in [0.25, 0.3) is 0 Å². The van der Waals surface area contributed by atoms with Gasteiger partial charge in [-0.15, -0.1) is 0 Å². The molecule has 0 heterocycles. The van der Waals surface area contributed by atoms with E-state index in [9.17, 15) is 0 Å². The van der Waals surface area contributed by atoms with Gasteiger partial charge in [0, 0.05) is 5.92 Å². The molecule has 1 fully saturated rings. The van der Waals surface area contributed by atoms with Crippen molar-refractivity contribution >= 4 is 9.76 Å². The lowest BCUT2D eigenvalue weighted by molar-refractivity contribution is 0.186. The first-order valence-electron chi connectivity index (χ1n) is 5.21. The molecule has 1 saturated carbocycles. The summed E-state index contributed by atoms with van der Waals surface area (Å²) in [5, 5.41) is 1.48. The van der Waals surface area contributed by atoms with E-state index in [1.807, 2.05) is 0 Å². The minimum Gasteiger partial charge on any atom is -0.415 e. The van der Waals surface area contributed by atoms with E-state index in [1.165, 1.54) is 18.0 Å². The van der Waals surface area contributed by atoms with Gasteiger partial charge in [-0.1, -0.05) is 23.4 Å². The minimum absolute atomic E-state index is 0.387. The quantitative estimate of drug-likeness (QED) is 0.493. The second kappa shape index (κ2) is 3.80. The molecule has 1 nitrogen and oxygen atoms in total. The van der Waals surface area contributed by atoms with E-state index in [0.717, 1.165) is 11.8 Å². The molecule has 2 aliphatic rings. The Morgan fingerprint density at radius 3 is 2.85 bits per heavy atom. The van der Waals surface area contributed by atoms with E-state index >= 15 is 0 Å². The van der Waals surface area contributed by atoms with Crippen LogP contribution >= 0.6 is 0 Å². The molecule has 72 valence electrons. The van der Waals surface area contributed by atoms with Gasteiger partial charge in [-0.2, -0.15) is 0 Å². The van der Waals surface area contributed by atoms with Crippen LogP contribution in [0.3, 0.4) is 0 Å². The van der Waals surface area contributed by atoms with Gasteiger partial charge in [0.1, 0.15) is 0 Å². The van der Waals surface area contributed by atoms with Crippen molar-refractivity contribution in [3.63, 3.8) is 0 Å². The summed E-state index contributed by atoms with van der Waals surface area (Å²) < 4.78 is 6.01. The zero-order valence-corrected chi connectivity index (χ0v) is 9.91. The van der Waals surface area contributed by atoms with E-state index in [4.69, 9.17) is 4.43 Å². The summed E-state index contributed by atoms with van der Waals surface area (Å²) in [6.07, 6.45) is 10.1. The molecular formula is C11H18OSi. The lowest BCUT2D eigenvalue weighted by Gasteiger charge is -2.19. The summed E-state index contributed by atoms with van der Waals surface area (Å²) in [5.74, 6) is 1.59. The second-order valence-electron chi connectivity index (χ2n) is 4.26. The van der Waals surface area contributed by atoms with Crippen LogP contribution in [0.15, 0.2) is 23.4 Å². The summed E-state index contributed by atoms with van der Waals surface area (Å²) in [5.41, 5.74) is 0. The van der Waals surface area contributed by atoms with E-state index < -0.39 is 0 Å². The van der Waals surface area contributed by atoms with Crippen molar-refractivity contribution in [3.05, 3.63) is 23.4 Å². The molecule has 2 aliphatic carbocycles. The summed E-state index contributed by atoms with van der Waals surface area (Å²) in [4.78, 5) is 0. The fraction of sp³-hybridized carbons (Fsp3) is 0.636. The third-order valence-electron chi connectivity index (χ3n) is 3.24.